The zero-order valence-corrected chi connectivity index (χ0v) is 6.03. The molecule has 11 heavy (non-hydrogen) atoms. The second-order valence-electron chi connectivity index (χ2n) is 2.25. The number of phenols is 1. The molecule has 0 amide bonds. The number of phenolic OH excluding ortho intramolecular Hbond substituents is 1. The van der Waals surface area contributed by atoms with Crippen molar-refractivity contribution in [1.29, 1.82) is 0 Å². The van der Waals surface area contributed by atoms with Crippen LogP contribution in [0.5, 0.6) is 5.75 Å². The number of aromatic carboxylic acids is 1. The zero-order valence-electron chi connectivity index (χ0n) is 6.03. The summed E-state index contributed by atoms with van der Waals surface area (Å²) in [5.41, 5.74) is 0.144. The van der Waals surface area contributed by atoms with E-state index >= 15 is 0 Å². The fourth-order valence-corrected chi connectivity index (χ4v) is 0.855. The summed E-state index contributed by atoms with van der Waals surface area (Å²) in [5, 5.41) is 17.7. The van der Waals surface area contributed by atoms with E-state index < -0.39 is 5.97 Å². The van der Waals surface area contributed by atoms with Gasteiger partial charge in [0.15, 0.2) is 0 Å². The predicted molar refractivity (Wildman–Crippen MR) is 40.5 cm³/mol. The van der Waals surface area contributed by atoms with Crippen LogP contribution in [0.1, 0.15) is 10.4 Å². The van der Waals surface area contributed by atoms with Gasteiger partial charge in [-0.3, -0.25) is 0 Å². The quantitative estimate of drug-likeness (QED) is 0.540. The Kier molecular flexibility index (Phi) is 2.23. The van der Waals surface area contributed by atoms with E-state index in [1.54, 1.807) is 17.7 Å². The number of carbonyl (C=O) groups is 1. The molecule has 0 atom stereocenters. The van der Waals surface area contributed by atoms with E-state index in [9.17, 15) is 4.79 Å². The minimum absolute atomic E-state index is 0.0184. The molecular weight excluding hydrogens is 139 g/mol. The number of carboxylic acids is 1. The Hall–Kier alpha value is -0.913. The van der Waals surface area contributed by atoms with Gasteiger partial charge in [0.2, 0.25) is 0 Å². The van der Waals surface area contributed by atoms with Crippen molar-refractivity contribution in [3.63, 3.8) is 0 Å². The molecule has 0 aliphatic carbocycles. The molecule has 0 bridgehead atoms. The van der Waals surface area contributed by atoms with Gasteiger partial charge < -0.3 is 0 Å². The normalized spacial score (nSPS) is 9.64. The van der Waals surface area contributed by atoms with Crippen molar-refractivity contribution < 1.29 is 15.0 Å². The number of carboxylic acid groups (broad SMARTS) is 1. The van der Waals surface area contributed by atoms with E-state index in [1.165, 1.54) is 18.2 Å². The SMILES string of the molecule is [Li][c]1c(O)cccc1C(=O)O. The summed E-state index contributed by atoms with van der Waals surface area (Å²) >= 11 is 1.57. The Bertz CT molecular complexity index is 296. The van der Waals surface area contributed by atoms with Crippen LogP contribution in [-0.2, 0) is 0 Å². The molecule has 1 aromatic carbocycles. The molecule has 1 aromatic rings. The number of hydrogen-bond donors (Lipinski definition) is 2. The standard InChI is InChI=1S/C7H5O3.Li/c8-6-3-1-2-5(4-6)7(9)10;/h1-3,8H,(H,9,10);. The molecule has 0 heterocycles. The van der Waals surface area contributed by atoms with Crippen LogP contribution in [0.2, 0.25) is 0 Å². The van der Waals surface area contributed by atoms with Crippen molar-refractivity contribution in [3.05, 3.63) is 23.8 Å². The van der Waals surface area contributed by atoms with E-state index in [1.807, 2.05) is 0 Å². The first-order valence-corrected chi connectivity index (χ1v) is 3.15. The summed E-state index contributed by atoms with van der Waals surface area (Å²) in [7, 11) is 0. The summed E-state index contributed by atoms with van der Waals surface area (Å²) in [6.07, 6.45) is 0. The van der Waals surface area contributed by atoms with Crippen LogP contribution in [0.25, 0.3) is 0 Å². The second-order valence-corrected chi connectivity index (χ2v) is 2.25. The van der Waals surface area contributed by atoms with Gasteiger partial charge in [0.1, 0.15) is 0 Å². The van der Waals surface area contributed by atoms with Crippen LogP contribution in [-0.4, -0.2) is 33.9 Å². The predicted octanol–water partition coefficient (Wildman–Crippen LogP) is -0.116. The fraction of sp³-hybridized carbons (Fsp3) is 0. The van der Waals surface area contributed by atoms with E-state index in [-0.39, 0.29) is 11.3 Å². The van der Waals surface area contributed by atoms with E-state index in [2.05, 4.69) is 0 Å². The van der Waals surface area contributed by atoms with E-state index in [0.717, 1.165) is 0 Å². The van der Waals surface area contributed by atoms with Crippen LogP contribution in [0.15, 0.2) is 18.2 Å². The molecule has 1 rings (SSSR count). The van der Waals surface area contributed by atoms with E-state index in [4.69, 9.17) is 10.2 Å². The van der Waals surface area contributed by atoms with Gasteiger partial charge in [-0.05, 0) is 0 Å². The van der Waals surface area contributed by atoms with Crippen molar-refractivity contribution in [3.8, 4) is 5.75 Å². The van der Waals surface area contributed by atoms with Crippen molar-refractivity contribution in [2.24, 2.45) is 0 Å². The van der Waals surface area contributed by atoms with Gasteiger partial charge in [0, 0.05) is 0 Å². The Morgan fingerprint density at radius 1 is 1.45 bits per heavy atom. The van der Waals surface area contributed by atoms with Crippen LogP contribution in [0.4, 0.5) is 0 Å². The molecule has 0 spiro atoms. The number of hydrogen-bond acceptors (Lipinski definition) is 2. The number of benzene rings is 1. The first-order chi connectivity index (χ1) is 5.13. The number of aromatic hydroxyl groups is 1. The maximum absolute atomic E-state index is 10.5. The Labute approximate surface area is 72.9 Å². The molecule has 0 saturated heterocycles. The van der Waals surface area contributed by atoms with E-state index in [0.29, 0.717) is 4.24 Å². The van der Waals surface area contributed by atoms with Crippen LogP contribution in [0, 0.1) is 0 Å². The third-order valence-electron chi connectivity index (χ3n) is 1.54. The molecule has 2 N–H and O–H groups in total. The Balaban J connectivity index is 3.27. The molecule has 0 fully saturated rings. The fourth-order valence-electron chi connectivity index (χ4n) is 0.855. The van der Waals surface area contributed by atoms with Gasteiger partial charge in [0.25, 0.3) is 0 Å². The van der Waals surface area contributed by atoms with Gasteiger partial charge >= 0.3 is 72.4 Å². The Morgan fingerprint density at radius 3 is 2.55 bits per heavy atom. The third kappa shape index (κ3) is 1.56. The zero-order chi connectivity index (χ0) is 8.43. The van der Waals surface area contributed by atoms with Crippen LogP contribution < -0.4 is 4.24 Å². The molecule has 0 aliphatic rings. The molecule has 0 aliphatic heterocycles. The summed E-state index contributed by atoms with van der Waals surface area (Å²) in [6, 6.07) is 4.42. The molecule has 0 saturated carbocycles. The molecule has 4 heteroatoms. The summed E-state index contributed by atoms with van der Waals surface area (Å²) in [6.45, 7) is 0. The summed E-state index contributed by atoms with van der Waals surface area (Å²) < 4.78 is 0.403. The molecule has 3 nitrogen and oxygen atoms in total. The molecule has 0 radical (unpaired) electrons. The summed E-state index contributed by atoms with van der Waals surface area (Å²) in [5.74, 6) is -0.997. The monoisotopic (exact) mass is 144 g/mol. The van der Waals surface area contributed by atoms with Gasteiger partial charge in [-0.25, -0.2) is 0 Å². The molecule has 0 aromatic heterocycles. The molecular formula is C7H5LiO3. The van der Waals surface area contributed by atoms with Gasteiger partial charge in [-0.15, -0.1) is 0 Å². The maximum atomic E-state index is 10.5. The van der Waals surface area contributed by atoms with Crippen molar-refractivity contribution in [2.45, 2.75) is 0 Å². The van der Waals surface area contributed by atoms with Crippen molar-refractivity contribution >= 4 is 27.9 Å². The van der Waals surface area contributed by atoms with Crippen molar-refractivity contribution in [1.82, 2.24) is 0 Å². The van der Waals surface area contributed by atoms with Gasteiger partial charge in [-0.1, -0.05) is 0 Å². The van der Waals surface area contributed by atoms with Crippen LogP contribution in [0.3, 0.4) is 0 Å². The second kappa shape index (κ2) is 2.99. The Morgan fingerprint density at radius 2 is 2.09 bits per heavy atom. The van der Waals surface area contributed by atoms with Crippen LogP contribution >= 0.6 is 0 Å². The third-order valence-corrected chi connectivity index (χ3v) is 1.54. The average molecular weight is 144 g/mol. The van der Waals surface area contributed by atoms with Gasteiger partial charge in [0.05, 0.1) is 0 Å². The minimum atomic E-state index is -1.02. The average Bonchev–Trinajstić information content (AvgIpc) is 1.94. The van der Waals surface area contributed by atoms with Gasteiger partial charge in [-0.2, -0.15) is 0 Å². The molecule has 52 valence electrons. The molecule has 0 unspecified atom stereocenters. The first-order valence-electron chi connectivity index (χ1n) is 3.15. The first kappa shape index (κ1) is 8.19. The van der Waals surface area contributed by atoms with Crippen molar-refractivity contribution in [2.75, 3.05) is 0 Å². The summed E-state index contributed by atoms with van der Waals surface area (Å²) in [4.78, 5) is 10.5. The number of rotatable bonds is 1. The topological polar surface area (TPSA) is 57.5 Å².